The third kappa shape index (κ3) is 7.27. The van der Waals surface area contributed by atoms with Crippen LogP contribution in [0.1, 0.15) is 31.4 Å². The molecule has 13 heteroatoms. The van der Waals surface area contributed by atoms with Crippen molar-refractivity contribution in [2.24, 2.45) is 0 Å². The maximum Gasteiger partial charge on any atom is 0.339 e. The van der Waals surface area contributed by atoms with Crippen molar-refractivity contribution in [2.75, 3.05) is 20.3 Å². The molecule has 226 valence electrons. The predicted molar refractivity (Wildman–Crippen MR) is 158 cm³/mol. The zero-order valence-electron chi connectivity index (χ0n) is 23.6. The van der Waals surface area contributed by atoms with E-state index in [-0.39, 0.29) is 45.7 Å². The fourth-order valence-electron chi connectivity index (χ4n) is 4.09. The maximum absolute atomic E-state index is 13.4. The van der Waals surface area contributed by atoms with Crippen LogP contribution in [-0.4, -0.2) is 51.5 Å². The summed E-state index contributed by atoms with van der Waals surface area (Å²) < 4.78 is 47.6. The van der Waals surface area contributed by atoms with Crippen molar-refractivity contribution in [2.45, 2.75) is 31.7 Å². The molecule has 0 radical (unpaired) electrons. The van der Waals surface area contributed by atoms with Gasteiger partial charge >= 0.3 is 16.1 Å². The molecular formula is C30H29ClN2O9S. The summed E-state index contributed by atoms with van der Waals surface area (Å²) >= 11 is 6.42. The molecule has 11 nitrogen and oxygen atoms in total. The number of nitrogens with one attached hydrogen (secondary N) is 1. The molecule has 0 saturated carbocycles. The molecule has 4 amide bonds. The Morgan fingerprint density at radius 1 is 0.930 bits per heavy atom. The minimum absolute atomic E-state index is 0.0320. The molecule has 0 spiro atoms. The summed E-state index contributed by atoms with van der Waals surface area (Å²) in [4.78, 5) is 39.5. The first-order valence-corrected chi connectivity index (χ1v) is 15.0. The van der Waals surface area contributed by atoms with Gasteiger partial charge in [-0.2, -0.15) is 8.42 Å². The average Bonchev–Trinajstić information content (AvgIpc) is 2.99. The minimum atomic E-state index is -4.25. The summed E-state index contributed by atoms with van der Waals surface area (Å²) in [6.07, 6.45) is 2.03. The second kappa shape index (κ2) is 13.6. The number of halogens is 1. The topological polar surface area (TPSA) is 138 Å². The Morgan fingerprint density at radius 2 is 1.67 bits per heavy atom. The summed E-state index contributed by atoms with van der Waals surface area (Å²) in [6, 6.07) is 14.3. The van der Waals surface area contributed by atoms with Gasteiger partial charge in [0.15, 0.2) is 17.2 Å². The summed E-state index contributed by atoms with van der Waals surface area (Å²) in [7, 11) is -2.77. The van der Waals surface area contributed by atoms with Crippen LogP contribution in [0.2, 0.25) is 5.02 Å². The summed E-state index contributed by atoms with van der Waals surface area (Å²) in [6.45, 7) is 4.11. The van der Waals surface area contributed by atoms with E-state index in [1.807, 2.05) is 6.92 Å². The zero-order chi connectivity index (χ0) is 31.1. The van der Waals surface area contributed by atoms with Gasteiger partial charge < -0.3 is 18.4 Å². The van der Waals surface area contributed by atoms with Crippen molar-refractivity contribution < 1.29 is 41.2 Å². The highest BCUT2D eigenvalue weighted by molar-refractivity contribution is 7.87. The number of imide groups is 2. The normalized spacial score (nSPS) is 14.5. The molecule has 43 heavy (non-hydrogen) atoms. The first kappa shape index (κ1) is 31.4. The molecule has 3 aromatic carbocycles. The molecule has 0 unspecified atom stereocenters. The van der Waals surface area contributed by atoms with Crippen LogP contribution in [0, 0.1) is 0 Å². The Morgan fingerprint density at radius 3 is 2.35 bits per heavy atom. The van der Waals surface area contributed by atoms with Crippen molar-refractivity contribution in [3.8, 4) is 23.0 Å². The van der Waals surface area contributed by atoms with E-state index in [0.717, 1.165) is 11.3 Å². The Hall–Kier alpha value is -4.55. The second-order valence-corrected chi connectivity index (χ2v) is 11.1. The number of hydrogen-bond acceptors (Lipinski definition) is 9. The number of barbiturate groups is 1. The van der Waals surface area contributed by atoms with E-state index >= 15 is 0 Å². The first-order chi connectivity index (χ1) is 20.6. The number of carbonyl (C=O) groups excluding carboxylic acids is 3. The fraction of sp³-hybridized carbons (Fsp3) is 0.233. The van der Waals surface area contributed by atoms with Crippen LogP contribution in [0.3, 0.4) is 0 Å². The van der Waals surface area contributed by atoms with Gasteiger partial charge in [0.25, 0.3) is 11.8 Å². The van der Waals surface area contributed by atoms with Gasteiger partial charge in [-0.3, -0.25) is 19.8 Å². The number of hydrogen-bond donors (Lipinski definition) is 1. The molecule has 1 fully saturated rings. The number of carbonyl (C=O) groups is 3. The Balaban J connectivity index is 1.64. The number of benzene rings is 3. The zero-order valence-corrected chi connectivity index (χ0v) is 25.2. The van der Waals surface area contributed by atoms with Gasteiger partial charge in [0.05, 0.1) is 31.9 Å². The van der Waals surface area contributed by atoms with E-state index < -0.39 is 28.0 Å². The molecular weight excluding hydrogens is 600 g/mol. The number of amides is 4. The predicted octanol–water partition coefficient (Wildman–Crippen LogP) is 4.97. The molecule has 1 saturated heterocycles. The molecule has 3 aromatic rings. The molecule has 0 aliphatic carbocycles. The van der Waals surface area contributed by atoms with E-state index in [1.54, 1.807) is 43.3 Å². The number of urea groups is 1. The van der Waals surface area contributed by atoms with Gasteiger partial charge in [0.2, 0.25) is 5.75 Å². The van der Waals surface area contributed by atoms with Gasteiger partial charge in [-0.1, -0.05) is 42.8 Å². The lowest BCUT2D eigenvalue weighted by Crippen LogP contribution is -2.53. The number of nitrogens with zero attached hydrogens (tertiary/aromatic N) is 1. The number of methoxy groups -OCH3 is 1. The van der Waals surface area contributed by atoms with Gasteiger partial charge in [-0.25, -0.2) is 4.79 Å². The third-order valence-corrected chi connectivity index (χ3v) is 7.60. The summed E-state index contributed by atoms with van der Waals surface area (Å²) in [5.41, 5.74) is 0.434. The molecule has 1 aliphatic rings. The highest BCUT2D eigenvalue weighted by atomic mass is 35.5. The largest absolute Gasteiger partial charge is 0.493 e. The molecule has 0 bridgehead atoms. The van der Waals surface area contributed by atoms with Crippen LogP contribution < -0.4 is 23.7 Å². The SMILES string of the molecule is CCCOc1ccc(CN2C(=O)NC(=O)/C(=C\c3cc(Cl)c(OS(=O)(=O)c4ccccc4)c(OCC)c3)C2=O)cc1OC. The Bertz CT molecular complexity index is 1670. The van der Waals surface area contributed by atoms with Crippen LogP contribution in [0.5, 0.6) is 23.0 Å². The van der Waals surface area contributed by atoms with Crippen LogP contribution in [0.15, 0.2) is 71.1 Å². The van der Waals surface area contributed by atoms with E-state index in [0.29, 0.717) is 23.7 Å². The van der Waals surface area contributed by atoms with E-state index in [9.17, 15) is 22.8 Å². The van der Waals surface area contributed by atoms with Crippen LogP contribution >= 0.6 is 11.6 Å². The molecule has 1 N–H and O–H groups in total. The average molecular weight is 629 g/mol. The third-order valence-electron chi connectivity index (χ3n) is 6.08. The van der Waals surface area contributed by atoms with Crippen LogP contribution in [0.4, 0.5) is 4.79 Å². The molecule has 0 aromatic heterocycles. The monoisotopic (exact) mass is 628 g/mol. The van der Waals surface area contributed by atoms with Gasteiger partial charge in [-0.15, -0.1) is 0 Å². The second-order valence-electron chi connectivity index (χ2n) is 9.16. The number of ether oxygens (including phenoxy) is 3. The molecule has 0 atom stereocenters. The van der Waals surface area contributed by atoms with Crippen molar-refractivity contribution in [1.82, 2.24) is 10.2 Å². The lowest BCUT2D eigenvalue weighted by molar-refractivity contribution is -0.130. The van der Waals surface area contributed by atoms with Gasteiger partial charge in [0, 0.05) is 0 Å². The van der Waals surface area contributed by atoms with Crippen LogP contribution in [-0.2, 0) is 26.3 Å². The fourth-order valence-corrected chi connectivity index (χ4v) is 5.37. The van der Waals surface area contributed by atoms with Crippen LogP contribution in [0.25, 0.3) is 6.08 Å². The van der Waals surface area contributed by atoms with Crippen molar-refractivity contribution >= 4 is 45.6 Å². The molecule has 4 rings (SSSR count). The lowest BCUT2D eigenvalue weighted by Gasteiger charge is -2.26. The standard InChI is InChI=1S/C30H29ClN2O9S/c1-4-13-41-24-12-11-19(16-25(24)39-3)18-33-29(35)22(28(34)32-30(33)36)14-20-15-23(31)27(26(17-20)40-5-2)42-43(37,38)21-9-7-6-8-10-21/h6-12,14-17H,4-5,13,18H2,1-3H3,(H,32,34,36)/b22-14+. The smallest absolute Gasteiger partial charge is 0.339 e. The Labute approximate surface area is 254 Å². The van der Waals surface area contributed by atoms with Gasteiger partial charge in [-0.05, 0) is 66.9 Å². The highest BCUT2D eigenvalue weighted by Crippen LogP contribution is 2.39. The van der Waals surface area contributed by atoms with Gasteiger partial charge in [0.1, 0.15) is 10.5 Å². The van der Waals surface area contributed by atoms with E-state index in [4.69, 9.17) is 30.0 Å². The van der Waals surface area contributed by atoms with Crippen molar-refractivity contribution in [3.05, 3.63) is 82.4 Å². The maximum atomic E-state index is 13.4. The van der Waals surface area contributed by atoms with Crippen molar-refractivity contribution in [3.63, 3.8) is 0 Å². The quantitative estimate of drug-likeness (QED) is 0.167. The highest BCUT2D eigenvalue weighted by Gasteiger charge is 2.36. The first-order valence-electron chi connectivity index (χ1n) is 13.2. The Kier molecular flexibility index (Phi) is 9.94. The summed E-state index contributed by atoms with van der Waals surface area (Å²) in [5, 5.41) is 2.02. The molecule has 1 heterocycles. The van der Waals surface area contributed by atoms with E-state index in [1.165, 1.54) is 37.5 Å². The summed E-state index contributed by atoms with van der Waals surface area (Å²) in [5.74, 6) is -1.10. The van der Waals surface area contributed by atoms with Crippen molar-refractivity contribution in [1.29, 1.82) is 0 Å². The minimum Gasteiger partial charge on any atom is -0.493 e. The lowest BCUT2D eigenvalue weighted by atomic mass is 10.1. The molecule has 1 aliphatic heterocycles. The van der Waals surface area contributed by atoms with E-state index in [2.05, 4.69) is 5.32 Å². The number of rotatable bonds is 12.